The molecule has 9 heteroatoms. The van der Waals surface area contributed by atoms with Crippen molar-refractivity contribution in [2.45, 2.75) is 90.7 Å². The number of aliphatic carboxylic acids is 2. The molecule has 3 atom stereocenters. The third-order valence-corrected chi connectivity index (χ3v) is 5.17. The normalized spacial score (nSPS) is 13.3. The van der Waals surface area contributed by atoms with E-state index in [-0.39, 0.29) is 37.7 Å². The maximum absolute atomic E-state index is 10.2. The Morgan fingerprint density at radius 3 is 1.34 bits per heavy atom. The van der Waals surface area contributed by atoms with Crippen molar-refractivity contribution >= 4 is 59.8 Å². The summed E-state index contributed by atoms with van der Waals surface area (Å²) in [4.78, 5) is 20.0. The molecule has 7 nitrogen and oxygen atoms in total. The van der Waals surface area contributed by atoms with Crippen molar-refractivity contribution in [3.63, 3.8) is 0 Å². The molecule has 0 aliphatic carbocycles. The van der Waals surface area contributed by atoms with Crippen molar-refractivity contribution in [2.24, 2.45) is 11.8 Å². The van der Waals surface area contributed by atoms with E-state index < -0.39 is 33.7 Å². The molecule has 0 aliphatic rings. The molecular formula is C20H40CaO7S. The standard InChI is InChI=1S/2C8H17.C4H6O7S.Ca/c2*1-4-6-7-8(3)5-2;5-3(6)1-2(4(7)8)12(9,10)11;/h2*8H,3-7H2,1-2H3;2H,1H2,(H,5,6)(H,7,8)(H,9,10,11);/q2*-1;;+2. The summed E-state index contributed by atoms with van der Waals surface area (Å²) < 4.78 is 28.7. The first-order chi connectivity index (χ1) is 12.9. The fourth-order valence-electron chi connectivity index (χ4n) is 1.87. The molecule has 0 aromatic rings. The molecule has 0 fully saturated rings. The summed E-state index contributed by atoms with van der Waals surface area (Å²) in [5, 5.41) is 13.9. The number of rotatable bonds is 12. The molecule has 3 unspecified atom stereocenters. The third-order valence-electron chi connectivity index (χ3n) is 4.08. The van der Waals surface area contributed by atoms with Crippen LogP contribution in [-0.4, -0.2) is 78.1 Å². The van der Waals surface area contributed by atoms with E-state index in [0.717, 1.165) is 0 Å². The van der Waals surface area contributed by atoms with E-state index in [0.29, 0.717) is 11.8 Å². The van der Waals surface area contributed by atoms with E-state index in [4.69, 9.17) is 14.8 Å². The fraction of sp³-hybridized carbons (Fsp3) is 0.800. The molecule has 3 N–H and O–H groups in total. The van der Waals surface area contributed by atoms with Crippen LogP contribution in [0.2, 0.25) is 0 Å². The third kappa shape index (κ3) is 28.1. The van der Waals surface area contributed by atoms with Crippen LogP contribution in [0.25, 0.3) is 0 Å². The second kappa shape index (κ2) is 22.8. The smallest absolute Gasteiger partial charge is 0.481 e. The molecular weight excluding hydrogens is 424 g/mol. The van der Waals surface area contributed by atoms with Gasteiger partial charge in [-0.25, -0.2) is 0 Å². The van der Waals surface area contributed by atoms with Crippen molar-refractivity contribution in [2.75, 3.05) is 0 Å². The Labute approximate surface area is 207 Å². The molecule has 0 saturated heterocycles. The van der Waals surface area contributed by atoms with Crippen molar-refractivity contribution < 1.29 is 32.8 Å². The summed E-state index contributed by atoms with van der Waals surface area (Å²) in [5.74, 6) is -2.09. The van der Waals surface area contributed by atoms with Gasteiger partial charge < -0.3 is 24.1 Å². The maximum Gasteiger partial charge on any atom is 2.00 e. The van der Waals surface area contributed by atoms with Gasteiger partial charge in [0, 0.05) is 0 Å². The van der Waals surface area contributed by atoms with Gasteiger partial charge in [0.15, 0.2) is 5.25 Å². The minimum absolute atomic E-state index is 0. The van der Waals surface area contributed by atoms with Gasteiger partial charge in [-0.05, 0) is 0 Å². The molecule has 0 saturated carbocycles. The summed E-state index contributed by atoms with van der Waals surface area (Å²) in [6.07, 6.45) is 9.26. The Bertz CT molecular complexity index is 481. The summed E-state index contributed by atoms with van der Waals surface area (Å²) in [7, 11) is -4.84. The SMILES string of the molecule is O=C(O)CC(C(=O)O)S(=O)(=O)O.[CH2-]C(CC)CCCC.[CH2-]C(CC)CCCC.[Ca+2]. The van der Waals surface area contributed by atoms with Crippen LogP contribution < -0.4 is 0 Å². The van der Waals surface area contributed by atoms with Gasteiger partial charge >= 0.3 is 49.7 Å². The van der Waals surface area contributed by atoms with Gasteiger partial charge in [0.05, 0.1) is 6.42 Å². The first kappa shape index (κ1) is 36.5. The molecule has 0 heterocycles. The van der Waals surface area contributed by atoms with Gasteiger partial charge in [0.1, 0.15) is 0 Å². The Morgan fingerprint density at radius 2 is 1.21 bits per heavy atom. The van der Waals surface area contributed by atoms with Crippen molar-refractivity contribution in [1.82, 2.24) is 0 Å². The number of carbonyl (C=O) groups is 2. The number of hydrogen-bond donors (Lipinski definition) is 3. The zero-order valence-corrected chi connectivity index (χ0v) is 21.6. The van der Waals surface area contributed by atoms with E-state index in [9.17, 15) is 18.0 Å². The van der Waals surface area contributed by atoms with Crippen molar-refractivity contribution in [3.05, 3.63) is 13.8 Å². The Balaban J connectivity index is -0.000000164. The summed E-state index contributed by atoms with van der Waals surface area (Å²) in [5.41, 5.74) is 0. The van der Waals surface area contributed by atoms with Crippen LogP contribution in [-0.2, 0) is 19.7 Å². The molecule has 0 rings (SSSR count). The van der Waals surface area contributed by atoms with E-state index in [2.05, 4.69) is 41.5 Å². The molecule has 170 valence electrons. The first-order valence-corrected chi connectivity index (χ1v) is 11.4. The van der Waals surface area contributed by atoms with Gasteiger partial charge in [0.25, 0.3) is 10.1 Å². The Hall–Kier alpha value is 0.110. The largest absolute Gasteiger partial charge is 2.00 e. The summed E-state index contributed by atoms with van der Waals surface area (Å²) in [6, 6.07) is 0. The van der Waals surface area contributed by atoms with E-state index in [1.165, 1.54) is 51.4 Å². The van der Waals surface area contributed by atoms with Crippen LogP contribution in [0.1, 0.15) is 85.5 Å². The Kier molecular flexibility index (Phi) is 28.7. The Morgan fingerprint density at radius 1 is 0.862 bits per heavy atom. The van der Waals surface area contributed by atoms with Crippen molar-refractivity contribution in [1.29, 1.82) is 0 Å². The average molecular weight is 465 g/mol. The second-order valence-electron chi connectivity index (χ2n) is 6.77. The van der Waals surface area contributed by atoms with E-state index >= 15 is 0 Å². The van der Waals surface area contributed by atoms with Crippen LogP contribution in [0.3, 0.4) is 0 Å². The zero-order valence-electron chi connectivity index (χ0n) is 18.6. The van der Waals surface area contributed by atoms with Crippen LogP contribution in [0, 0.1) is 25.7 Å². The zero-order chi connectivity index (χ0) is 22.8. The van der Waals surface area contributed by atoms with Gasteiger partial charge in [-0.1, -0.05) is 79.1 Å². The predicted octanol–water partition coefficient (Wildman–Crippen LogP) is 4.50. The van der Waals surface area contributed by atoms with Gasteiger partial charge in [-0.3, -0.25) is 14.1 Å². The number of unbranched alkanes of at least 4 members (excludes halogenated alkanes) is 2. The molecule has 0 amide bonds. The molecule has 0 aliphatic heterocycles. The van der Waals surface area contributed by atoms with E-state index in [1.807, 2.05) is 0 Å². The first-order valence-electron chi connectivity index (χ1n) is 9.94. The molecule has 29 heavy (non-hydrogen) atoms. The summed E-state index contributed by atoms with van der Waals surface area (Å²) in [6.45, 7) is 16.8. The topological polar surface area (TPSA) is 129 Å². The molecule has 0 aromatic carbocycles. The van der Waals surface area contributed by atoms with Gasteiger partial charge in [0.2, 0.25) is 0 Å². The van der Waals surface area contributed by atoms with Gasteiger partial charge in [-0.15, -0.1) is 0 Å². The molecule has 0 bridgehead atoms. The second-order valence-corrected chi connectivity index (χ2v) is 8.37. The van der Waals surface area contributed by atoms with Gasteiger partial charge in [-0.2, -0.15) is 20.3 Å². The minimum Gasteiger partial charge on any atom is -0.481 e. The van der Waals surface area contributed by atoms with Crippen LogP contribution in [0.4, 0.5) is 0 Å². The molecule has 0 spiro atoms. The molecule has 0 aromatic heterocycles. The van der Waals surface area contributed by atoms with Crippen LogP contribution in [0.15, 0.2) is 0 Å². The fourth-order valence-corrected chi connectivity index (χ4v) is 2.48. The van der Waals surface area contributed by atoms with Crippen LogP contribution >= 0.6 is 0 Å². The van der Waals surface area contributed by atoms with E-state index in [1.54, 1.807) is 0 Å². The maximum atomic E-state index is 10.2. The monoisotopic (exact) mass is 464 g/mol. The number of carboxylic acids is 2. The number of hydrogen-bond acceptors (Lipinski definition) is 4. The quantitative estimate of drug-likeness (QED) is 0.220. The van der Waals surface area contributed by atoms with Crippen LogP contribution in [0.5, 0.6) is 0 Å². The summed E-state index contributed by atoms with van der Waals surface area (Å²) >= 11 is 0. The molecule has 0 radical (unpaired) electrons. The minimum atomic E-state index is -4.84. The predicted molar refractivity (Wildman–Crippen MR) is 118 cm³/mol. The average Bonchev–Trinajstić information content (AvgIpc) is 2.61. The number of carboxylic acid groups (broad SMARTS) is 2. The van der Waals surface area contributed by atoms with Crippen molar-refractivity contribution in [3.8, 4) is 0 Å².